The van der Waals surface area contributed by atoms with Crippen LogP contribution in [0.25, 0.3) is 0 Å². The summed E-state index contributed by atoms with van der Waals surface area (Å²) in [5.74, 6) is 0.274. The summed E-state index contributed by atoms with van der Waals surface area (Å²) < 4.78 is 0. The van der Waals surface area contributed by atoms with Gasteiger partial charge in [0.1, 0.15) is 0 Å². The maximum atomic E-state index is 6.24. The first-order chi connectivity index (χ1) is 7.79. The second kappa shape index (κ2) is 4.90. The van der Waals surface area contributed by atoms with Gasteiger partial charge < -0.3 is 5.73 Å². The Bertz CT molecular complexity index is 382. The van der Waals surface area contributed by atoms with Crippen LogP contribution in [0.4, 0.5) is 0 Å². The zero-order chi connectivity index (χ0) is 11.4. The lowest BCUT2D eigenvalue weighted by atomic mass is 9.90. The molecule has 2 aromatic rings. The molecule has 0 aliphatic rings. The van der Waals surface area contributed by atoms with Gasteiger partial charge in [-0.25, -0.2) is 0 Å². The van der Waals surface area contributed by atoms with Crippen molar-refractivity contribution in [3.05, 3.63) is 66.0 Å². The van der Waals surface area contributed by atoms with Crippen molar-refractivity contribution >= 4 is 0 Å². The van der Waals surface area contributed by atoms with Crippen LogP contribution in [0.1, 0.15) is 30.0 Å². The third kappa shape index (κ3) is 2.28. The molecule has 16 heavy (non-hydrogen) atoms. The Labute approximate surface area is 96.1 Å². The molecule has 0 aliphatic heterocycles. The Hall–Kier alpha value is -1.67. The highest BCUT2D eigenvalue weighted by molar-refractivity contribution is 5.25. The van der Waals surface area contributed by atoms with Crippen molar-refractivity contribution in [2.75, 3.05) is 0 Å². The smallest absolute Gasteiger partial charge is 0.0362 e. The minimum absolute atomic E-state index is 0.0189. The van der Waals surface area contributed by atoms with Crippen molar-refractivity contribution < 1.29 is 0 Å². The van der Waals surface area contributed by atoms with Crippen LogP contribution < -0.4 is 5.73 Å². The van der Waals surface area contributed by atoms with Crippen molar-refractivity contribution in [3.8, 4) is 0 Å². The molecule has 0 fully saturated rings. The molecule has 2 rings (SSSR count). The number of pyridine rings is 1. The summed E-state index contributed by atoms with van der Waals surface area (Å²) in [5, 5.41) is 0. The van der Waals surface area contributed by atoms with Crippen LogP contribution >= 0.6 is 0 Å². The summed E-state index contributed by atoms with van der Waals surface area (Å²) >= 11 is 0. The maximum absolute atomic E-state index is 6.24. The molecule has 2 N–H and O–H groups in total. The maximum Gasteiger partial charge on any atom is 0.0362 e. The van der Waals surface area contributed by atoms with Gasteiger partial charge in [-0.05, 0) is 17.2 Å². The fourth-order valence-electron chi connectivity index (χ4n) is 1.82. The van der Waals surface area contributed by atoms with Crippen molar-refractivity contribution in [1.82, 2.24) is 4.98 Å². The normalized spacial score (nSPS) is 14.4. The van der Waals surface area contributed by atoms with Crippen LogP contribution in [0.2, 0.25) is 0 Å². The molecule has 2 atom stereocenters. The van der Waals surface area contributed by atoms with E-state index in [0.717, 1.165) is 0 Å². The zero-order valence-corrected chi connectivity index (χ0v) is 9.38. The Morgan fingerprint density at radius 3 is 2.31 bits per heavy atom. The second-order valence-corrected chi connectivity index (χ2v) is 4.01. The third-order valence-corrected chi connectivity index (χ3v) is 2.93. The summed E-state index contributed by atoms with van der Waals surface area (Å²) in [7, 11) is 0. The van der Waals surface area contributed by atoms with Gasteiger partial charge in [0.15, 0.2) is 0 Å². The zero-order valence-electron chi connectivity index (χ0n) is 9.38. The van der Waals surface area contributed by atoms with Crippen LogP contribution in [0.3, 0.4) is 0 Å². The summed E-state index contributed by atoms with van der Waals surface area (Å²) in [6, 6.07) is 14.2. The Kier molecular flexibility index (Phi) is 3.32. The molecular weight excluding hydrogens is 196 g/mol. The molecule has 1 heterocycles. The number of nitrogens with zero attached hydrogens (tertiary/aromatic N) is 1. The number of hydrogen-bond donors (Lipinski definition) is 1. The van der Waals surface area contributed by atoms with Gasteiger partial charge in [0.05, 0.1) is 0 Å². The predicted molar refractivity (Wildman–Crippen MR) is 66.0 cm³/mol. The van der Waals surface area contributed by atoms with Crippen molar-refractivity contribution in [1.29, 1.82) is 0 Å². The van der Waals surface area contributed by atoms with Gasteiger partial charge in [0, 0.05) is 24.4 Å². The number of rotatable bonds is 3. The molecule has 1 aromatic carbocycles. The first-order valence-corrected chi connectivity index (χ1v) is 5.49. The standard InChI is InChI=1S/C14H16N2/c1-11(13-8-5-9-16-10-13)14(15)12-6-3-2-4-7-12/h2-11,14H,15H2,1H3. The number of nitrogens with two attached hydrogens (primary N) is 1. The molecule has 0 radical (unpaired) electrons. The average Bonchev–Trinajstić information content (AvgIpc) is 2.39. The van der Waals surface area contributed by atoms with Crippen LogP contribution in [0.15, 0.2) is 54.9 Å². The van der Waals surface area contributed by atoms with E-state index in [1.165, 1.54) is 11.1 Å². The van der Waals surface area contributed by atoms with Crippen LogP contribution in [0.5, 0.6) is 0 Å². The van der Waals surface area contributed by atoms with E-state index in [2.05, 4.69) is 30.1 Å². The van der Waals surface area contributed by atoms with E-state index in [0.29, 0.717) is 0 Å². The van der Waals surface area contributed by atoms with E-state index in [1.807, 2.05) is 30.5 Å². The number of aromatic nitrogens is 1. The SMILES string of the molecule is CC(c1cccnc1)C(N)c1ccccc1. The molecule has 82 valence electrons. The fourth-order valence-corrected chi connectivity index (χ4v) is 1.82. The van der Waals surface area contributed by atoms with Gasteiger partial charge in [0.25, 0.3) is 0 Å². The highest BCUT2D eigenvalue weighted by Gasteiger charge is 2.16. The average molecular weight is 212 g/mol. The lowest BCUT2D eigenvalue weighted by Gasteiger charge is -2.20. The summed E-state index contributed by atoms with van der Waals surface area (Å²) in [6.45, 7) is 2.13. The van der Waals surface area contributed by atoms with E-state index in [9.17, 15) is 0 Å². The van der Waals surface area contributed by atoms with Gasteiger partial charge in [-0.1, -0.05) is 43.3 Å². The lowest BCUT2D eigenvalue weighted by Crippen LogP contribution is -2.17. The Morgan fingerprint density at radius 1 is 1.00 bits per heavy atom. The topological polar surface area (TPSA) is 38.9 Å². The predicted octanol–water partition coefficient (Wildman–Crippen LogP) is 2.89. The quantitative estimate of drug-likeness (QED) is 0.849. The van der Waals surface area contributed by atoms with E-state index >= 15 is 0 Å². The van der Waals surface area contributed by atoms with Crippen LogP contribution in [-0.4, -0.2) is 4.98 Å². The highest BCUT2D eigenvalue weighted by Crippen LogP contribution is 2.27. The van der Waals surface area contributed by atoms with E-state index in [1.54, 1.807) is 6.20 Å². The van der Waals surface area contributed by atoms with Gasteiger partial charge >= 0.3 is 0 Å². The van der Waals surface area contributed by atoms with Gasteiger partial charge in [-0.2, -0.15) is 0 Å². The molecule has 0 amide bonds. The summed E-state index contributed by atoms with van der Waals surface area (Å²) in [5.41, 5.74) is 8.59. The number of hydrogen-bond acceptors (Lipinski definition) is 2. The highest BCUT2D eigenvalue weighted by atomic mass is 14.7. The lowest BCUT2D eigenvalue weighted by molar-refractivity contribution is 0.596. The van der Waals surface area contributed by atoms with Crippen LogP contribution in [0, 0.1) is 0 Å². The fraction of sp³-hybridized carbons (Fsp3) is 0.214. The molecule has 0 saturated carbocycles. The Morgan fingerprint density at radius 2 is 1.69 bits per heavy atom. The van der Waals surface area contributed by atoms with Crippen molar-refractivity contribution in [2.24, 2.45) is 5.73 Å². The Balaban J connectivity index is 2.20. The minimum atomic E-state index is 0.0189. The molecule has 1 aromatic heterocycles. The molecule has 0 spiro atoms. The molecule has 0 bridgehead atoms. The number of benzene rings is 1. The van der Waals surface area contributed by atoms with Gasteiger partial charge in [0.2, 0.25) is 0 Å². The summed E-state index contributed by atoms with van der Waals surface area (Å²) in [6.07, 6.45) is 3.66. The van der Waals surface area contributed by atoms with E-state index in [-0.39, 0.29) is 12.0 Å². The first-order valence-electron chi connectivity index (χ1n) is 5.49. The monoisotopic (exact) mass is 212 g/mol. The first kappa shape index (κ1) is 10.8. The van der Waals surface area contributed by atoms with Crippen LogP contribution in [-0.2, 0) is 0 Å². The molecule has 2 nitrogen and oxygen atoms in total. The van der Waals surface area contributed by atoms with Crippen molar-refractivity contribution in [3.63, 3.8) is 0 Å². The van der Waals surface area contributed by atoms with E-state index < -0.39 is 0 Å². The van der Waals surface area contributed by atoms with Gasteiger partial charge in [-0.15, -0.1) is 0 Å². The van der Waals surface area contributed by atoms with Crippen molar-refractivity contribution in [2.45, 2.75) is 18.9 Å². The minimum Gasteiger partial charge on any atom is -0.323 e. The second-order valence-electron chi connectivity index (χ2n) is 4.01. The molecule has 2 unspecified atom stereocenters. The third-order valence-electron chi connectivity index (χ3n) is 2.93. The largest absolute Gasteiger partial charge is 0.323 e. The van der Waals surface area contributed by atoms with E-state index in [4.69, 9.17) is 5.73 Å². The molecule has 0 saturated heterocycles. The molecule has 0 aliphatic carbocycles. The van der Waals surface area contributed by atoms with Gasteiger partial charge in [-0.3, -0.25) is 4.98 Å². The molecule has 2 heteroatoms. The summed E-state index contributed by atoms with van der Waals surface area (Å²) in [4.78, 5) is 4.13. The molecular formula is C14H16N2.